The Morgan fingerprint density at radius 1 is 1.03 bits per heavy atom. The zero-order chi connectivity index (χ0) is 21.3. The van der Waals surface area contributed by atoms with Crippen LogP contribution in [-0.4, -0.2) is 43.0 Å². The second kappa shape index (κ2) is 7.79. The molecule has 4 rings (SSSR count). The summed E-state index contributed by atoms with van der Waals surface area (Å²) in [5.74, 6) is 0.698. The molecule has 30 heavy (non-hydrogen) atoms. The fraction of sp³-hybridized carbons (Fsp3) is 0.250. The van der Waals surface area contributed by atoms with Gasteiger partial charge >= 0.3 is 6.01 Å². The van der Waals surface area contributed by atoms with Crippen LogP contribution in [0.2, 0.25) is 0 Å². The van der Waals surface area contributed by atoms with Gasteiger partial charge in [-0.2, -0.15) is 0 Å². The summed E-state index contributed by atoms with van der Waals surface area (Å²) < 4.78 is 41.2. The number of nitrogens with one attached hydrogen (secondary N) is 1. The average molecular weight is 429 g/mol. The largest absolute Gasteiger partial charge is 0.486 e. The van der Waals surface area contributed by atoms with Crippen LogP contribution in [0, 0.1) is 0 Å². The van der Waals surface area contributed by atoms with Crippen molar-refractivity contribution in [1.82, 2.24) is 10.2 Å². The van der Waals surface area contributed by atoms with E-state index in [4.69, 9.17) is 13.9 Å². The molecule has 1 aliphatic rings. The summed E-state index contributed by atoms with van der Waals surface area (Å²) in [5, 5.41) is 9.68. The fourth-order valence-corrected chi connectivity index (χ4v) is 3.93. The number of hydrogen-bond donors (Lipinski definition) is 1. The van der Waals surface area contributed by atoms with Gasteiger partial charge in [0.2, 0.25) is 5.89 Å². The molecule has 0 radical (unpaired) electrons. The van der Waals surface area contributed by atoms with E-state index in [9.17, 15) is 13.2 Å². The Balaban J connectivity index is 1.53. The first kappa shape index (κ1) is 19.9. The minimum absolute atomic E-state index is 0.0910. The lowest BCUT2D eigenvalue weighted by molar-refractivity contribution is 0.102. The van der Waals surface area contributed by atoms with E-state index in [1.165, 1.54) is 12.1 Å². The third-order valence-electron chi connectivity index (χ3n) is 4.48. The van der Waals surface area contributed by atoms with Crippen molar-refractivity contribution >= 4 is 21.8 Å². The summed E-state index contributed by atoms with van der Waals surface area (Å²) in [4.78, 5) is 12.7. The molecule has 2 heterocycles. The molecule has 1 aliphatic heterocycles. The molecule has 2 aromatic carbocycles. The maximum Gasteiger partial charge on any atom is 0.322 e. The van der Waals surface area contributed by atoms with Crippen LogP contribution in [0.4, 0.5) is 6.01 Å². The lowest BCUT2D eigenvalue weighted by Crippen LogP contribution is -2.17. The Kier molecular flexibility index (Phi) is 5.17. The van der Waals surface area contributed by atoms with Gasteiger partial charge in [-0.25, -0.2) is 8.42 Å². The summed E-state index contributed by atoms with van der Waals surface area (Å²) in [6.07, 6.45) is 0. The van der Waals surface area contributed by atoms with E-state index in [2.05, 4.69) is 15.5 Å². The van der Waals surface area contributed by atoms with Gasteiger partial charge < -0.3 is 13.9 Å². The number of fused-ring (bicyclic) bond motifs is 1. The molecule has 1 aromatic heterocycles. The van der Waals surface area contributed by atoms with Gasteiger partial charge in [0.1, 0.15) is 13.2 Å². The maximum atomic E-state index is 12.5. The van der Waals surface area contributed by atoms with Gasteiger partial charge in [0.25, 0.3) is 5.91 Å². The predicted octanol–water partition coefficient (Wildman–Crippen LogP) is 2.94. The molecule has 3 aromatic rings. The van der Waals surface area contributed by atoms with Crippen LogP contribution in [0.3, 0.4) is 0 Å². The molecular formula is C20H19N3O6S. The number of anilines is 1. The minimum atomic E-state index is -3.44. The number of nitrogens with zero attached hydrogens (tertiary/aromatic N) is 2. The quantitative estimate of drug-likeness (QED) is 0.657. The number of ether oxygens (including phenoxy) is 2. The van der Waals surface area contributed by atoms with Gasteiger partial charge in [-0.1, -0.05) is 11.2 Å². The minimum Gasteiger partial charge on any atom is -0.486 e. The number of carbonyl (C=O) groups excluding carboxylic acids is 1. The third kappa shape index (κ3) is 3.86. The SMILES string of the molecule is CC(C)S(=O)(=O)c1cccc(-c2nnc(NC(=O)c3ccc4c(c3)OCCO4)o2)c1. The van der Waals surface area contributed by atoms with E-state index in [1.54, 1.807) is 44.2 Å². The first-order valence-corrected chi connectivity index (χ1v) is 10.8. The van der Waals surface area contributed by atoms with Crippen molar-refractivity contribution in [1.29, 1.82) is 0 Å². The van der Waals surface area contributed by atoms with Crippen molar-refractivity contribution in [2.24, 2.45) is 0 Å². The number of amides is 1. The standard InChI is InChI=1S/C20H19N3O6S/c1-12(2)30(25,26)15-5-3-4-14(10-15)19-22-23-20(29-19)21-18(24)13-6-7-16-17(11-13)28-9-8-27-16/h3-7,10-12H,8-9H2,1-2H3,(H,21,23,24). The Hall–Kier alpha value is -3.40. The van der Waals surface area contributed by atoms with Crippen molar-refractivity contribution in [2.75, 3.05) is 18.5 Å². The van der Waals surface area contributed by atoms with E-state index in [0.717, 1.165) is 0 Å². The molecule has 0 fully saturated rings. The fourth-order valence-electron chi connectivity index (χ4n) is 2.82. The highest BCUT2D eigenvalue weighted by atomic mass is 32.2. The highest BCUT2D eigenvalue weighted by Gasteiger charge is 2.21. The number of carbonyl (C=O) groups is 1. The van der Waals surface area contributed by atoms with E-state index in [0.29, 0.717) is 35.8 Å². The predicted molar refractivity (Wildman–Crippen MR) is 107 cm³/mol. The highest BCUT2D eigenvalue weighted by Crippen LogP contribution is 2.31. The van der Waals surface area contributed by atoms with Crippen molar-refractivity contribution in [3.8, 4) is 23.0 Å². The number of hydrogen-bond acceptors (Lipinski definition) is 8. The Bertz CT molecular complexity index is 1200. The molecular weight excluding hydrogens is 410 g/mol. The van der Waals surface area contributed by atoms with E-state index in [1.807, 2.05) is 0 Å². The first-order chi connectivity index (χ1) is 14.3. The van der Waals surface area contributed by atoms with Crippen LogP contribution in [0.1, 0.15) is 24.2 Å². The van der Waals surface area contributed by atoms with E-state index < -0.39 is 21.0 Å². The van der Waals surface area contributed by atoms with Crippen molar-refractivity contribution < 1.29 is 27.1 Å². The van der Waals surface area contributed by atoms with Gasteiger partial charge in [0.15, 0.2) is 21.3 Å². The normalized spacial score (nSPS) is 13.3. The highest BCUT2D eigenvalue weighted by molar-refractivity contribution is 7.92. The zero-order valence-corrected chi connectivity index (χ0v) is 17.1. The van der Waals surface area contributed by atoms with Crippen LogP contribution < -0.4 is 14.8 Å². The number of sulfone groups is 1. The second-order valence-electron chi connectivity index (χ2n) is 6.85. The van der Waals surface area contributed by atoms with Crippen molar-refractivity contribution in [3.05, 3.63) is 48.0 Å². The summed E-state index contributed by atoms with van der Waals surface area (Å²) in [7, 11) is -3.44. The summed E-state index contributed by atoms with van der Waals surface area (Å²) in [5.41, 5.74) is 0.771. The molecule has 0 atom stereocenters. The van der Waals surface area contributed by atoms with Gasteiger partial charge in [0.05, 0.1) is 10.1 Å². The monoisotopic (exact) mass is 429 g/mol. The zero-order valence-electron chi connectivity index (χ0n) is 16.3. The van der Waals surface area contributed by atoms with Crippen molar-refractivity contribution in [3.63, 3.8) is 0 Å². The van der Waals surface area contributed by atoms with Crippen LogP contribution in [-0.2, 0) is 9.84 Å². The van der Waals surface area contributed by atoms with Gasteiger partial charge in [0, 0.05) is 11.1 Å². The second-order valence-corrected chi connectivity index (χ2v) is 9.35. The van der Waals surface area contributed by atoms with Crippen LogP contribution in [0.5, 0.6) is 11.5 Å². The Morgan fingerprint density at radius 3 is 2.57 bits per heavy atom. The van der Waals surface area contributed by atoms with Crippen molar-refractivity contribution in [2.45, 2.75) is 24.0 Å². The smallest absolute Gasteiger partial charge is 0.322 e. The topological polar surface area (TPSA) is 121 Å². The molecule has 0 aliphatic carbocycles. The molecule has 0 saturated carbocycles. The first-order valence-electron chi connectivity index (χ1n) is 9.23. The summed E-state index contributed by atoms with van der Waals surface area (Å²) >= 11 is 0. The van der Waals surface area contributed by atoms with Gasteiger partial charge in [-0.3, -0.25) is 10.1 Å². The van der Waals surface area contributed by atoms with Crippen LogP contribution in [0.25, 0.3) is 11.5 Å². The lowest BCUT2D eigenvalue weighted by atomic mass is 10.2. The van der Waals surface area contributed by atoms with E-state index in [-0.39, 0.29) is 16.8 Å². The molecule has 0 bridgehead atoms. The molecule has 0 saturated heterocycles. The molecule has 1 amide bonds. The Morgan fingerprint density at radius 2 is 1.80 bits per heavy atom. The molecule has 9 nitrogen and oxygen atoms in total. The Labute approximate surface area is 172 Å². The van der Waals surface area contributed by atoms with Crippen LogP contribution >= 0.6 is 0 Å². The lowest BCUT2D eigenvalue weighted by Gasteiger charge is -2.18. The molecule has 0 spiro atoms. The number of benzene rings is 2. The van der Waals surface area contributed by atoms with Gasteiger partial charge in [-0.05, 0) is 50.2 Å². The average Bonchev–Trinajstić information content (AvgIpc) is 3.22. The molecule has 156 valence electrons. The molecule has 10 heteroatoms. The van der Waals surface area contributed by atoms with Gasteiger partial charge in [-0.15, -0.1) is 5.10 Å². The third-order valence-corrected chi connectivity index (χ3v) is 6.63. The molecule has 0 unspecified atom stereocenters. The number of rotatable bonds is 5. The van der Waals surface area contributed by atoms with E-state index >= 15 is 0 Å². The number of aromatic nitrogens is 2. The summed E-state index contributed by atoms with van der Waals surface area (Å²) in [6.45, 7) is 4.10. The maximum absolute atomic E-state index is 12.5. The van der Waals surface area contributed by atoms with Crippen LogP contribution in [0.15, 0.2) is 51.8 Å². The molecule has 1 N–H and O–H groups in total. The summed E-state index contributed by atoms with van der Waals surface area (Å²) in [6, 6.07) is 10.9.